The van der Waals surface area contributed by atoms with Crippen molar-refractivity contribution in [2.75, 3.05) is 36.9 Å². The first-order valence-electron chi connectivity index (χ1n) is 17.6. The number of thiazole rings is 3. The second kappa shape index (κ2) is 29.3. The van der Waals surface area contributed by atoms with Gasteiger partial charge in [0.1, 0.15) is 31.0 Å². The number of halogens is 2. The van der Waals surface area contributed by atoms with Crippen LogP contribution in [0.1, 0.15) is 84.3 Å². The lowest BCUT2D eigenvalue weighted by molar-refractivity contribution is 0.0514. The van der Waals surface area contributed by atoms with E-state index in [0.29, 0.717) is 30.4 Å². The fraction of sp³-hybridized carbons (Fsp3) is 0.647. The maximum absolute atomic E-state index is 11.4. The summed E-state index contributed by atoms with van der Waals surface area (Å²) in [6.07, 6.45) is 4.74. The first-order valence-corrected chi connectivity index (χ1v) is 24.1. The van der Waals surface area contributed by atoms with Gasteiger partial charge >= 0.3 is 18.3 Å². The molecule has 0 radical (unpaired) electrons. The highest BCUT2D eigenvalue weighted by Crippen LogP contribution is 2.25. The van der Waals surface area contributed by atoms with Crippen molar-refractivity contribution < 1.29 is 37.0 Å². The predicted octanol–water partition coefficient (Wildman–Crippen LogP) is 7.45. The molecule has 0 aliphatic heterocycles. The van der Waals surface area contributed by atoms with Gasteiger partial charge in [0.05, 0.1) is 43.9 Å². The Morgan fingerprint density at radius 1 is 0.776 bits per heavy atom. The minimum absolute atomic E-state index is 0. The first kappa shape index (κ1) is 58.1. The number of thiol groups is 1. The number of hydrogen-bond donors (Lipinski definition) is 6. The average Bonchev–Trinajstić information content (AvgIpc) is 3.85. The summed E-state index contributed by atoms with van der Waals surface area (Å²) in [6.45, 7) is 20.5. The summed E-state index contributed by atoms with van der Waals surface area (Å²) in [5, 5.41) is 10.5. The van der Waals surface area contributed by atoms with Gasteiger partial charge in [0.25, 0.3) is 0 Å². The number of ether oxygens (including phenoxy) is 3. The fourth-order valence-electron chi connectivity index (χ4n) is 3.23. The Labute approximate surface area is 379 Å². The van der Waals surface area contributed by atoms with Crippen molar-refractivity contribution in [2.45, 2.75) is 114 Å². The van der Waals surface area contributed by atoms with Crippen LogP contribution in [0.15, 0.2) is 30.8 Å². The lowest BCUT2D eigenvalue weighted by Crippen LogP contribution is -2.33. The lowest BCUT2D eigenvalue weighted by Gasteiger charge is -2.19. The molecule has 0 aliphatic rings. The predicted molar refractivity (Wildman–Crippen MR) is 246 cm³/mol. The lowest BCUT2D eigenvalue weighted by atomic mass is 10.2. The molecule has 16 nitrogen and oxygen atoms in total. The van der Waals surface area contributed by atoms with Gasteiger partial charge in [0, 0.05) is 37.7 Å². The Balaban J connectivity index is 0. The van der Waals surface area contributed by atoms with Crippen LogP contribution in [0.2, 0.25) is 0 Å². The van der Waals surface area contributed by atoms with Crippen molar-refractivity contribution in [3.63, 3.8) is 0 Å². The molecule has 3 amide bonds. The van der Waals surface area contributed by atoms with Gasteiger partial charge in [-0.05, 0) is 84.7 Å². The number of alkyl carbamates (subject to hydrolysis) is 3. The van der Waals surface area contributed by atoms with E-state index in [2.05, 4.69) is 66.4 Å². The van der Waals surface area contributed by atoms with Crippen LogP contribution >= 0.6 is 86.7 Å². The van der Waals surface area contributed by atoms with Gasteiger partial charge < -0.3 is 41.6 Å². The third kappa shape index (κ3) is 31.0. The van der Waals surface area contributed by atoms with Crippen LogP contribution in [-0.4, -0.2) is 95.3 Å². The molecule has 58 heavy (non-hydrogen) atoms. The molecule has 0 fully saturated rings. The zero-order chi connectivity index (χ0) is 43.9. The smallest absolute Gasteiger partial charge is 0.408 e. The van der Waals surface area contributed by atoms with Crippen LogP contribution in [0.25, 0.3) is 0 Å². The normalized spacial score (nSPS) is 11.1. The number of aromatic nitrogens is 3. The second-order valence-electron chi connectivity index (χ2n) is 14.2. The van der Waals surface area contributed by atoms with E-state index in [9.17, 15) is 22.8 Å². The van der Waals surface area contributed by atoms with Gasteiger partial charge in [-0.3, -0.25) is 0 Å². The minimum atomic E-state index is -3.22. The van der Waals surface area contributed by atoms with Gasteiger partial charge in [-0.25, -0.2) is 37.8 Å². The van der Waals surface area contributed by atoms with Crippen molar-refractivity contribution >= 4 is 115 Å². The van der Waals surface area contributed by atoms with Gasteiger partial charge in [0.15, 0.2) is 9.84 Å². The summed E-state index contributed by atoms with van der Waals surface area (Å²) in [5.41, 5.74) is 9.16. The van der Waals surface area contributed by atoms with E-state index in [1.807, 2.05) is 68.5 Å². The molecule has 0 saturated heterocycles. The minimum Gasteiger partial charge on any atom is -0.444 e. The Bertz CT molecular complexity index is 1730. The molecule has 7 N–H and O–H groups in total. The van der Waals surface area contributed by atoms with E-state index in [1.165, 1.54) is 21.7 Å². The van der Waals surface area contributed by atoms with E-state index < -0.39 is 32.7 Å². The molecule has 0 saturated carbocycles. The molecular weight excluding hydrogens is 956 g/mol. The van der Waals surface area contributed by atoms with Gasteiger partial charge in [-0.1, -0.05) is 6.92 Å². The van der Waals surface area contributed by atoms with Crippen LogP contribution in [0.4, 0.5) is 14.4 Å². The number of carbonyl (C=O) groups excluding carboxylic acids is 3. The molecule has 24 heteroatoms. The Morgan fingerprint density at radius 3 is 1.69 bits per heavy atom. The number of sulfone groups is 1. The first-order chi connectivity index (χ1) is 26.3. The number of aryl methyl sites for hydroxylation is 1. The van der Waals surface area contributed by atoms with Crippen LogP contribution in [0.3, 0.4) is 0 Å². The maximum Gasteiger partial charge on any atom is 0.408 e. The quantitative estimate of drug-likeness (QED) is 0.0422. The van der Waals surface area contributed by atoms with Crippen molar-refractivity contribution in [2.24, 2.45) is 11.5 Å². The van der Waals surface area contributed by atoms with Crippen LogP contribution in [-0.2, 0) is 43.6 Å². The summed E-state index contributed by atoms with van der Waals surface area (Å²) in [7, 11) is -3.22. The van der Waals surface area contributed by atoms with Crippen molar-refractivity contribution in [3.05, 3.63) is 37.4 Å². The number of thioether (sulfide) groups is 1. The number of nitrogens with one attached hydrogen (secondary N) is 3. The van der Waals surface area contributed by atoms with Gasteiger partial charge in [-0.15, -0.1) is 58.2 Å². The standard InChI is InChI=1S/C12H20N2O2S2.C9H13BrN2O2S.C7H15NO2S.C6H11N3O2S2.ClH/c1-5-9-14-8-10(18-9)17-7-6-13-11(15)16-12(2,3)4;1-9(2,3)14-8(13)12-5-7-11-4-6(10)15-7;1-7(2,3)10-6(9)8-4-5-11;7-1-2-13(10,11)6-4-9-5(3-8)12-6;/h8H,5-7H2,1-4H3,(H,13,15);4H,5H2,1-3H3,(H,12,13);11H,4-5H2,1-3H3,(H,8,9);4H,1-3,7-8H2;1H. The fourth-order valence-corrected chi connectivity index (χ4v) is 8.78. The topological polar surface area (TPSA) is 240 Å². The number of rotatable bonds is 13. The zero-order valence-electron chi connectivity index (χ0n) is 34.6. The highest BCUT2D eigenvalue weighted by molar-refractivity contribution is 9.11. The summed E-state index contributed by atoms with van der Waals surface area (Å²) >= 11 is 13.2. The SMILES string of the molecule is CC(C)(C)OC(=O)NCCS.CC(C)(C)OC(=O)NCc1ncc(Br)s1.CCc1ncc(SCCNC(=O)OC(C)(C)C)s1.Cl.NCCS(=O)(=O)c1cnc(CN)s1. The zero-order valence-corrected chi connectivity index (χ0v) is 42.0. The molecule has 3 heterocycles. The van der Waals surface area contributed by atoms with E-state index in [0.717, 1.165) is 37.3 Å². The molecule has 0 atom stereocenters. The molecule has 3 aromatic rings. The second-order valence-corrected chi connectivity index (χ2v) is 23.1. The molecular formula is C34H60BrClN8O8S6. The summed E-state index contributed by atoms with van der Waals surface area (Å²) in [5.74, 6) is 1.41. The van der Waals surface area contributed by atoms with E-state index in [-0.39, 0.29) is 47.6 Å². The van der Waals surface area contributed by atoms with Crippen molar-refractivity contribution in [3.8, 4) is 0 Å². The summed E-state index contributed by atoms with van der Waals surface area (Å²) in [6, 6.07) is 0. The highest BCUT2D eigenvalue weighted by atomic mass is 79.9. The van der Waals surface area contributed by atoms with Crippen LogP contribution in [0, 0.1) is 0 Å². The number of hydrogen-bond acceptors (Lipinski definition) is 18. The molecule has 3 rings (SSSR count). The largest absolute Gasteiger partial charge is 0.444 e. The van der Waals surface area contributed by atoms with E-state index >= 15 is 0 Å². The molecule has 0 aromatic carbocycles. The van der Waals surface area contributed by atoms with E-state index in [4.69, 9.17) is 25.7 Å². The van der Waals surface area contributed by atoms with Crippen LogP contribution < -0.4 is 27.4 Å². The Morgan fingerprint density at radius 2 is 1.28 bits per heavy atom. The van der Waals surface area contributed by atoms with Crippen LogP contribution in [0.5, 0.6) is 0 Å². The maximum atomic E-state index is 11.4. The summed E-state index contributed by atoms with van der Waals surface area (Å²) in [4.78, 5) is 45.7. The monoisotopic (exact) mass is 1010 g/mol. The number of nitrogens with two attached hydrogens (primary N) is 2. The molecule has 0 aliphatic carbocycles. The number of amides is 3. The molecule has 0 bridgehead atoms. The van der Waals surface area contributed by atoms with Gasteiger partial charge in [0.2, 0.25) is 0 Å². The van der Waals surface area contributed by atoms with Crippen molar-refractivity contribution in [1.82, 2.24) is 30.9 Å². The Kier molecular flexibility index (Phi) is 29.4. The van der Waals surface area contributed by atoms with E-state index in [1.54, 1.807) is 29.3 Å². The summed E-state index contributed by atoms with van der Waals surface area (Å²) < 4.78 is 40.4. The number of nitrogens with zero attached hydrogens (tertiary/aromatic N) is 3. The third-order valence-corrected chi connectivity index (χ3v) is 12.7. The van der Waals surface area contributed by atoms with Gasteiger partial charge in [-0.2, -0.15) is 12.6 Å². The molecule has 0 unspecified atom stereocenters. The molecule has 334 valence electrons. The number of carbonyl (C=O) groups is 3. The molecule has 0 spiro atoms. The highest BCUT2D eigenvalue weighted by Gasteiger charge is 2.18. The third-order valence-electron chi connectivity index (χ3n) is 5.34. The average molecular weight is 1020 g/mol. The molecule has 3 aromatic heterocycles. The van der Waals surface area contributed by atoms with Crippen molar-refractivity contribution in [1.29, 1.82) is 0 Å². The Hall–Kier alpha value is -1.96.